The van der Waals surface area contributed by atoms with Crippen molar-refractivity contribution >= 4 is 11.9 Å². The SMILES string of the molecule is COc1ccc(CN=C(NCCCF)NCC(=O)N(C)C)cc1. The summed E-state index contributed by atoms with van der Waals surface area (Å²) < 4.78 is 17.3. The van der Waals surface area contributed by atoms with Crippen molar-refractivity contribution < 1.29 is 13.9 Å². The van der Waals surface area contributed by atoms with Gasteiger partial charge in [-0.2, -0.15) is 0 Å². The second-order valence-electron chi connectivity index (χ2n) is 5.12. The molecule has 1 amide bonds. The second-order valence-corrected chi connectivity index (χ2v) is 5.12. The van der Waals surface area contributed by atoms with Crippen LogP contribution in [0, 0.1) is 0 Å². The fourth-order valence-corrected chi connectivity index (χ4v) is 1.67. The van der Waals surface area contributed by atoms with Crippen LogP contribution in [0.2, 0.25) is 0 Å². The lowest BCUT2D eigenvalue weighted by molar-refractivity contribution is -0.127. The van der Waals surface area contributed by atoms with Crippen LogP contribution >= 0.6 is 0 Å². The van der Waals surface area contributed by atoms with Crippen molar-refractivity contribution in [3.05, 3.63) is 29.8 Å². The fraction of sp³-hybridized carbons (Fsp3) is 0.500. The van der Waals surface area contributed by atoms with Crippen molar-refractivity contribution in [2.75, 3.05) is 41.0 Å². The minimum atomic E-state index is -0.393. The number of carbonyl (C=O) groups is 1. The van der Waals surface area contributed by atoms with Crippen LogP contribution in [-0.2, 0) is 11.3 Å². The van der Waals surface area contributed by atoms with Gasteiger partial charge in [-0.05, 0) is 24.1 Å². The maximum Gasteiger partial charge on any atom is 0.241 e. The van der Waals surface area contributed by atoms with Crippen molar-refractivity contribution in [1.82, 2.24) is 15.5 Å². The van der Waals surface area contributed by atoms with Crippen LogP contribution in [0.4, 0.5) is 4.39 Å². The zero-order valence-electron chi connectivity index (χ0n) is 13.9. The summed E-state index contributed by atoms with van der Waals surface area (Å²) in [6, 6.07) is 7.58. The molecule has 0 radical (unpaired) electrons. The van der Waals surface area contributed by atoms with Crippen LogP contribution in [0.25, 0.3) is 0 Å². The summed E-state index contributed by atoms with van der Waals surface area (Å²) in [5, 5.41) is 5.96. The van der Waals surface area contributed by atoms with E-state index >= 15 is 0 Å². The first-order chi connectivity index (χ1) is 11.1. The Labute approximate surface area is 136 Å². The summed E-state index contributed by atoms with van der Waals surface area (Å²) in [7, 11) is 5.00. The van der Waals surface area contributed by atoms with Gasteiger partial charge in [0.05, 0.1) is 26.9 Å². The Bertz CT molecular complexity index is 503. The number of guanidine groups is 1. The van der Waals surface area contributed by atoms with E-state index in [4.69, 9.17) is 4.74 Å². The molecule has 0 aromatic heterocycles. The van der Waals surface area contributed by atoms with Gasteiger partial charge in [0.2, 0.25) is 5.91 Å². The quantitative estimate of drug-likeness (QED) is 0.428. The lowest BCUT2D eigenvalue weighted by Gasteiger charge is -2.14. The largest absolute Gasteiger partial charge is 0.497 e. The lowest BCUT2D eigenvalue weighted by atomic mass is 10.2. The first-order valence-corrected chi connectivity index (χ1v) is 7.48. The summed E-state index contributed by atoms with van der Waals surface area (Å²) in [6.07, 6.45) is 0.394. The molecule has 0 heterocycles. The highest BCUT2D eigenvalue weighted by Crippen LogP contribution is 2.11. The van der Waals surface area contributed by atoms with E-state index in [1.54, 1.807) is 21.2 Å². The van der Waals surface area contributed by atoms with Crippen LogP contribution in [0.3, 0.4) is 0 Å². The molecule has 0 spiro atoms. The van der Waals surface area contributed by atoms with Gasteiger partial charge in [-0.15, -0.1) is 0 Å². The van der Waals surface area contributed by atoms with E-state index in [2.05, 4.69) is 15.6 Å². The third-order valence-corrected chi connectivity index (χ3v) is 3.09. The molecule has 7 heteroatoms. The van der Waals surface area contributed by atoms with Gasteiger partial charge in [-0.1, -0.05) is 12.1 Å². The highest BCUT2D eigenvalue weighted by Gasteiger charge is 2.05. The number of methoxy groups -OCH3 is 1. The normalized spacial score (nSPS) is 11.0. The molecule has 0 bridgehead atoms. The number of ether oxygens (including phenoxy) is 1. The van der Waals surface area contributed by atoms with E-state index < -0.39 is 6.67 Å². The Morgan fingerprint density at radius 2 is 1.96 bits per heavy atom. The van der Waals surface area contributed by atoms with Gasteiger partial charge >= 0.3 is 0 Å². The number of hydrogen-bond acceptors (Lipinski definition) is 3. The molecular formula is C16H25FN4O2. The zero-order chi connectivity index (χ0) is 17.1. The number of rotatable bonds is 8. The van der Waals surface area contributed by atoms with Gasteiger partial charge in [0.25, 0.3) is 0 Å². The Kier molecular flexibility index (Phi) is 8.49. The first kappa shape index (κ1) is 18.7. The van der Waals surface area contributed by atoms with Crippen LogP contribution < -0.4 is 15.4 Å². The second kappa shape index (κ2) is 10.4. The molecule has 0 saturated carbocycles. The maximum absolute atomic E-state index is 12.2. The van der Waals surface area contributed by atoms with Crippen LogP contribution in [0.5, 0.6) is 5.75 Å². The van der Waals surface area contributed by atoms with E-state index in [0.29, 0.717) is 25.5 Å². The Hall–Kier alpha value is -2.31. The van der Waals surface area contributed by atoms with Crippen molar-refractivity contribution in [3.8, 4) is 5.75 Å². The molecule has 0 aliphatic rings. The zero-order valence-corrected chi connectivity index (χ0v) is 13.9. The van der Waals surface area contributed by atoms with Gasteiger partial charge in [0.15, 0.2) is 5.96 Å². The number of nitrogens with one attached hydrogen (secondary N) is 2. The molecule has 6 nitrogen and oxygen atoms in total. The van der Waals surface area contributed by atoms with Gasteiger partial charge < -0.3 is 20.3 Å². The number of aliphatic imine (C=N–C) groups is 1. The number of benzene rings is 1. The Morgan fingerprint density at radius 1 is 1.26 bits per heavy atom. The molecule has 128 valence electrons. The average molecular weight is 324 g/mol. The molecule has 0 unspecified atom stereocenters. The molecular weight excluding hydrogens is 299 g/mol. The van der Waals surface area contributed by atoms with E-state index in [1.165, 1.54) is 4.90 Å². The molecule has 0 aliphatic carbocycles. The lowest BCUT2D eigenvalue weighted by Crippen LogP contribution is -2.43. The maximum atomic E-state index is 12.2. The number of likely N-dealkylation sites (N-methyl/N-ethyl adjacent to an activating group) is 1. The number of hydrogen-bond donors (Lipinski definition) is 2. The van der Waals surface area contributed by atoms with E-state index in [1.807, 2.05) is 24.3 Å². The molecule has 1 aromatic carbocycles. The smallest absolute Gasteiger partial charge is 0.241 e. The van der Waals surface area contributed by atoms with Crippen LogP contribution in [-0.4, -0.2) is 57.7 Å². The Balaban J connectivity index is 2.62. The van der Waals surface area contributed by atoms with Gasteiger partial charge in [-0.25, -0.2) is 4.99 Å². The van der Waals surface area contributed by atoms with Crippen molar-refractivity contribution in [3.63, 3.8) is 0 Å². The minimum Gasteiger partial charge on any atom is -0.497 e. The topological polar surface area (TPSA) is 66.0 Å². The monoisotopic (exact) mass is 324 g/mol. The molecule has 2 N–H and O–H groups in total. The van der Waals surface area contributed by atoms with E-state index in [-0.39, 0.29) is 12.5 Å². The minimum absolute atomic E-state index is 0.0607. The summed E-state index contributed by atoms with van der Waals surface area (Å²) >= 11 is 0. The van der Waals surface area contributed by atoms with Gasteiger partial charge in [0.1, 0.15) is 5.75 Å². The van der Waals surface area contributed by atoms with Gasteiger partial charge in [0, 0.05) is 20.6 Å². The number of halogens is 1. The van der Waals surface area contributed by atoms with Crippen molar-refractivity contribution in [2.45, 2.75) is 13.0 Å². The molecule has 0 aliphatic heterocycles. The molecule has 0 atom stereocenters. The standard InChI is InChI=1S/C16H25FN4O2/c1-21(2)15(22)12-20-16(18-10-4-9-17)19-11-13-5-7-14(23-3)8-6-13/h5-8H,4,9-12H2,1-3H3,(H2,18,19,20). The van der Waals surface area contributed by atoms with Crippen LogP contribution in [0.15, 0.2) is 29.3 Å². The average Bonchev–Trinajstić information content (AvgIpc) is 2.57. The fourth-order valence-electron chi connectivity index (χ4n) is 1.67. The number of alkyl halides is 1. The van der Waals surface area contributed by atoms with Crippen LogP contribution in [0.1, 0.15) is 12.0 Å². The number of carbonyl (C=O) groups excluding carboxylic acids is 1. The third kappa shape index (κ3) is 7.49. The first-order valence-electron chi connectivity index (χ1n) is 7.48. The molecule has 0 fully saturated rings. The molecule has 1 rings (SSSR count). The predicted octanol–water partition coefficient (Wildman–Crippen LogP) is 1.18. The molecule has 23 heavy (non-hydrogen) atoms. The van der Waals surface area contributed by atoms with E-state index in [9.17, 15) is 9.18 Å². The summed E-state index contributed by atoms with van der Waals surface area (Å²) in [5.41, 5.74) is 1.01. The third-order valence-electron chi connectivity index (χ3n) is 3.09. The number of nitrogens with zero attached hydrogens (tertiary/aromatic N) is 2. The highest BCUT2D eigenvalue weighted by atomic mass is 19.1. The van der Waals surface area contributed by atoms with E-state index in [0.717, 1.165) is 11.3 Å². The predicted molar refractivity (Wildman–Crippen MR) is 89.4 cm³/mol. The van der Waals surface area contributed by atoms with Crippen molar-refractivity contribution in [1.29, 1.82) is 0 Å². The highest BCUT2D eigenvalue weighted by molar-refractivity contribution is 5.86. The molecule has 0 saturated heterocycles. The summed E-state index contributed by atoms with van der Waals surface area (Å²) in [4.78, 5) is 17.5. The van der Waals surface area contributed by atoms with Gasteiger partial charge in [-0.3, -0.25) is 9.18 Å². The molecule has 1 aromatic rings. The summed E-state index contributed by atoms with van der Waals surface area (Å²) in [5.74, 6) is 1.22. The Morgan fingerprint density at radius 3 is 2.52 bits per heavy atom. The van der Waals surface area contributed by atoms with Crippen molar-refractivity contribution in [2.24, 2.45) is 4.99 Å². The summed E-state index contributed by atoms with van der Waals surface area (Å²) in [6.45, 7) is 0.651. The number of amides is 1.